The lowest BCUT2D eigenvalue weighted by atomic mass is 9.94. The van der Waals surface area contributed by atoms with Crippen LogP contribution in [0.3, 0.4) is 0 Å². The van der Waals surface area contributed by atoms with E-state index >= 15 is 0 Å². The van der Waals surface area contributed by atoms with Gasteiger partial charge in [0.1, 0.15) is 5.82 Å². The van der Waals surface area contributed by atoms with E-state index in [2.05, 4.69) is 17.1 Å². The molecule has 1 fully saturated rings. The summed E-state index contributed by atoms with van der Waals surface area (Å²) in [6.45, 7) is 5.62. The van der Waals surface area contributed by atoms with Crippen LogP contribution in [0.2, 0.25) is 0 Å². The molecule has 2 rings (SSSR count). The van der Waals surface area contributed by atoms with Crippen LogP contribution in [-0.4, -0.2) is 31.6 Å². The smallest absolute Gasteiger partial charge is 0.123 e. The summed E-state index contributed by atoms with van der Waals surface area (Å²) in [5, 5.41) is 3.29. The quantitative estimate of drug-likeness (QED) is 0.878. The van der Waals surface area contributed by atoms with Crippen LogP contribution in [0.25, 0.3) is 0 Å². The first-order chi connectivity index (χ1) is 9.24. The molecule has 3 heteroatoms. The van der Waals surface area contributed by atoms with Gasteiger partial charge in [-0.1, -0.05) is 19.1 Å². The summed E-state index contributed by atoms with van der Waals surface area (Å²) in [7, 11) is 2.02. The predicted molar refractivity (Wildman–Crippen MR) is 77.7 cm³/mol. The second kappa shape index (κ2) is 7.01. The highest BCUT2D eigenvalue weighted by molar-refractivity contribution is 5.20. The first-order valence-electron chi connectivity index (χ1n) is 7.38. The Morgan fingerprint density at radius 3 is 2.74 bits per heavy atom. The molecular weight excluding hydrogens is 239 g/mol. The van der Waals surface area contributed by atoms with E-state index in [0.29, 0.717) is 6.04 Å². The van der Waals surface area contributed by atoms with Gasteiger partial charge < -0.3 is 5.32 Å². The number of hydrogen-bond donors (Lipinski definition) is 1. The average molecular weight is 264 g/mol. The van der Waals surface area contributed by atoms with Crippen LogP contribution in [0.15, 0.2) is 24.3 Å². The molecule has 2 nitrogen and oxygen atoms in total. The Hall–Kier alpha value is -0.930. The highest BCUT2D eigenvalue weighted by Gasteiger charge is 2.25. The third-order valence-corrected chi connectivity index (χ3v) is 4.13. The van der Waals surface area contributed by atoms with Crippen LogP contribution in [0.1, 0.15) is 37.8 Å². The number of halogens is 1. The van der Waals surface area contributed by atoms with Gasteiger partial charge in [0.25, 0.3) is 0 Å². The number of hydrogen-bond acceptors (Lipinski definition) is 2. The van der Waals surface area contributed by atoms with Crippen molar-refractivity contribution in [3.8, 4) is 0 Å². The van der Waals surface area contributed by atoms with Crippen molar-refractivity contribution in [1.29, 1.82) is 0 Å². The summed E-state index contributed by atoms with van der Waals surface area (Å²) in [6.07, 6.45) is 3.67. The van der Waals surface area contributed by atoms with Crippen LogP contribution >= 0.6 is 0 Å². The summed E-state index contributed by atoms with van der Waals surface area (Å²) >= 11 is 0. The van der Waals surface area contributed by atoms with Crippen molar-refractivity contribution >= 4 is 0 Å². The van der Waals surface area contributed by atoms with E-state index < -0.39 is 0 Å². The normalized spacial score (nSPS) is 22.4. The molecule has 0 saturated carbocycles. The highest BCUT2D eigenvalue weighted by Crippen LogP contribution is 2.29. The molecule has 0 radical (unpaired) electrons. The zero-order chi connectivity index (χ0) is 13.7. The van der Waals surface area contributed by atoms with E-state index in [9.17, 15) is 4.39 Å². The van der Waals surface area contributed by atoms with E-state index in [1.54, 1.807) is 12.1 Å². The number of nitrogens with zero attached hydrogens (tertiary/aromatic N) is 1. The summed E-state index contributed by atoms with van der Waals surface area (Å²) in [4.78, 5) is 2.57. The zero-order valence-corrected chi connectivity index (χ0v) is 12.0. The molecule has 1 saturated heterocycles. The molecule has 1 N–H and O–H groups in total. The van der Waals surface area contributed by atoms with E-state index in [4.69, 9.17) is 0 Å². The maximum Gasteiger partial charge on any atom is 0.123 e. The molecule has 0 aliphatic carbocycles. The van der Waals surface area contributed by atoms with E-state index in [1.807, 2.05) is 19.2 Å². The summed E-state index contributed by atoms with van der Waals surface area (Å²) < 4.78 is 13.0. The molecule has 19 heavy (non-hydrogen) atoms. The summed E-state index contributed by atoms with van der Waals surface area (Å²) in [6, 6.07) is 7.46. The van der Waals surface area contributed by atoms with Crippen molar-refractivity contribution in [2.75, 3.05) is 26.7 Å². The Bertz CT molecular complexity index is 375. The van der Waals surface area contributed by atoms with Gasteiger partial charge in [-0.15, -0.1) is 0 Å². The molecule has 1 aliphatic rings. The zero-order valence-electron chi connectivity index (χ0n) is 12.0. The van der Waals surface area contributed by atoms with Gasteiger partial charge in [0.15, 0.2) is 0 Å². The van der Waals surface area contributed by atoms with Crippen LogP contribution in [0.5, 0.6) is 0 Å². The van der Waals surface area contributed by atoms with Crippen LogP contribution in [-0.2, 0) is 0 Å². The van der Waals surface area contributed by atoms with Crippen molar-refractivity contribution < 1.29 is 4.39 Å². The van der Waals surface area contributed by atoms with E-state index in [-0.39, 0.29) is 5.82 Å². The lowest BCUT2D eigenvalue weighted by Gasteiger charge is -2.38. The molecule has 0 spiro atoms. The molecule has 106 valence electrons. The molecule has 1 aliphatic heterocycles. The Morgan fingerprint density at radius 1 is 1.37 bits per heavy atom. The van der Waals surface area contributed by atoms with Gasteiger partial charge in [-0.05, 0) is 63.0 Å². The third-order valence-electron chi connectivity index (χ3n) is 4.13. The SMILES string of the molecule is CCC(c1ccc(F)cc1)N1CCCC(CNC)C1. The van der Waals surface area contributed by atoms with Crippen LogP contribution in [0.4, 0.5) is 4.39 Å². The fraction of sp³-hybridized carbons (Fsp3) is 0.625. The average Bonchev–Trinajstić information content (AvgIpc) is 2.43. The summed E-state index contributed by atoms with van der Waals surface area (Å²) in [5.74, 6) is 0.596. The minimum Gasteiger partial charge on any atom is -0.319 e. The van der Waals surface area contributed by atoms with Crippen LogP contribution < -0.4 is 5.32 Å². The molecule has 1 aromatic carbocycles. The standard InChI is InChI=1S/C16H25FN2/c1-3-16(14-6-8-15(17)9-7-14)19-10-4-5-13(12-19)11-18-2/h6-9,13,16,18H,3-5,10-12H2,1-2H3. The topological polar surface area (TPSA) is 15.3 Å². The Labute approximate surface area is 116 Å². The van der Waals surface area contributed by atoms with Gasteiger partial charge in [-0.2, -0.15) is 0 Å². The van der Waals surface area contributed by atoms with Gasteiger partial charge in [-0.3, -0.25) is 4.90 Å². The Morgan fingerprint density at radius 2 is 2.11 bits per heavy atom. The third kappa shape index (κ3) is 3.77. The predicted octanol–water partition coefficient (Wildman–Crippen LogP) is 3.21. The molecule has 0 aromatic heterocycles. The maximum atomic E-state index is 13.0. The Kier molecular flexibility index (Phi) is 5.34. The van der Waals surface area contributed by atoms with Gasteiger partial charge in [0.05, 0.1) is 0 Å². The molecule has 2 atom stereocenters. The van der Waals surface area contributed by atoms with Gasteiger partial charge >= 0.3 is 0 Å². The van der Waals surface area contributed by atoms with Crippen molar-refractivity contribution in [1.82, 2.24) is 10.2 Å². The number of likely N-dealkylation sites (tertiary alicyclic amines) is 1. The molecular formula is C16H25FN2. The van der Waals surface area contributed by atoms with Crippen LogP contribution in [0, 0.1) is 11.7 Å². The number of rotatable bonds is 5. The molecule has 2 unspecified atom stereocenters. The molecule has 0 amide bonds. The largest absolute Gasteiger partial charge is 0.319 e. The van der Waals surface area contributed by atoms with Gasteiger partial charge in [-0.25, -0.2) is 4.39 Å². The van der Waals surface area contributed by atoms with Gasteiger partial charge in [0, 0.05) is 12.6 Å². The Balaban J connectivity index is 2.06. The fourth-order valence-electron chi connectivity index (χ4n) is 3.23. The van der Waals surface area contributed by atoms with Crippen molar-refractivity contribution in [3.63, 3.8) is 0 Å². The molecule has 0 bridgehead atoms. The lowest BCUT2D eigenvalue weighted by molar-refractivity contribution is 0.119. The van der Waals surface area contributed by atoms with E-state index in [1.165, 1.54) is 18.4 Å². The second-order valence-corrected chi connectivity index (χ2v) is 5.54. The number of piperidine rings is 1. The fourth-order valence-corrected chi connectivity index (χ4v) is 3.23. The van der Waals surface area contributed by atoms with Crippen molar-refractivity contribution in [2.24, 2.45) is 5.92 Å². The number of nitrogens with one attached hydrogen (secondary N) is 1. The molecule has 1 aromatic rings. The lowest BCUT2D eigenvalue weighted by Crippen LogP contribution is -2.41. The minimum absolute atomic E-state index is 0.148. The molecule has 1 heterocycles. The van der Waals surface area contributed by atoms with E-state index in [0.717, 1.165) is 32.0 Å². The first-order valence-corrected chi connectivity index (χ1v) is 7.38. The van der Waals surface area contributed by atoms with Crippen molar-refractivity contribution in [3.05, 3.63) is 35.6 Å². The maximum absolute atomic E-state index is 13.0. The number of benzene rings is 1. The minimum atomic E-state index is -0.148. The second-order valence-electron chi connectivity index (χ2n) is 5.54. The van der Waals surface area contributed by atoms with Gasteiger partial charge in [0.2, 0.25) is 0 Å². The monoisotopic (exact) mass is 264 g/mol. The highest BCUT2D eigenvalue weighted by atomic mass is 19.1. The first kappa shape index (κ1) is 14.5. The summed E-state index contributed by atoms with van der Waals surface area (Å²) in [5.41, 5.74) is 1.24. The van der Waals surface area contributed by atoms with Crippen molar-refractivity contribution in [2.45, 2.75) is 32.2 Å².